The summed E-state index contributed by atoms with van der Waals surface area (Å²) < 4.78 is 0. The summed E-state index contributed by atoms with van der Waals surface area (Å²) in [5, 5.41) is 5.24. The predicted molar refractivity (Wildman–Crippen MR) is 120 cm³/mol. The molecule has 5 rings (SSSR count). The summed E-state index contributed by atoms with van der Waals surface area (Å²) in [5.41, 5.74) is 6.44. The fraction of sp³-hybridized carbons (Fsp3) is 0.304. The van der Waals surface area contributed by atoms with E-state index in [1.807, 2.05) is 6.92 Å². The highest BCUT2D eigenvalue weighted by molar-refractivity contribution is 6.35. The number of amides is 4. The van der Waals surface area contributed by atoms with Crippen molar-refractivity contribution in [1.29, 1.82) is 0 Å². The standard InChI is InChI=1S/C23H20Cl2N4O4/c1-10-6-12-19(14(25)7-10)27-22(33)23(12)18-17(15(28-23)8-16(26)30)20(31)29(21(18)32)9-11-4-2-3-5-13(11)24/h2-7,15,17-18,28H,8-9H2,1H3,(H2,26,30)(H,27,33)/p+1/t15-,17+,18-,23-/m0/s1. The molecule has 10 heteroatoms. The van der Waals surface area contributed by atoms with Crippen LogP contribution in [-0.4, -0.2) is 34.6 Å². The van der Waals surface area contributed by atoms with E-state index < -0.39 is 47.0 Å². The van der Waals surface area contributed by atoms with Crippen LogP contribution >= 0.6 is 23.2 Å². The highest BCUT2D eigenvalue weighted by Gasteiger charge is 2.74. The molecule has 0 aliphatic carbocycles. The van der Waals surface area contributed by atoms with Crippen LogP contribution in [0.15, 0.2) is 36.4 Å². The van der Waals surface area contributed by atoms with Crippen molar-refractivity contribution in [2.45, 2.75) is 31.5 Å². The van der Waals surface area contributed by atoms with Gasteiger partial charge in [0.05, 0.1) is 23.7 Å². The van der Waals surface area contributed by atoms with Crippen LogP contribution < -0.4 is 16.4 Å². The molecule has 3 aliphatic rings. The van der Waals surface area contributed by atoms with Gasteiger partial charge >= 0.3 is 0 Å². The molecule has 2 aromatic carbocycles. The summed E-state index contributed by atoms with van der Waals surface area (Å²) in [6, 6.07) is 9.79. The molecule has 4 amide bonds. The summed E-state index contributed by atoms with van der Waals surface area (Å²) in [7, 11) is 0. The van der Waals surface area contributed by atoms with E-state index in [-0.39, 0.29) is 13.0 Å². The Bertz CT molecular complexity index is 1250. The van der Waals surface area contributed by atoms with Crippen LogP contribution in [0.5, 0.6) is 0 Å². The molecule has 0 aromatic heterocycles. The van der Waals surface area contributed by atoms with Crippen LogP contribution in [0, 0.1) is 18.8 Å². The second-order valence-corrected chi connectivity index (χ2v) is 9.67. The molecule has 0 radical (unpaired) electrons. The average molecular weight is 488 g/mol. The maximum atomic E-state index is 13.7. The molecule has 33 heavy (non-hydrogen) atoms. The fourth-order valence-corrected chi connectivity index (χ4v) is 6.10. The fourth-order valence-electron chi connectivity index (χ4n) is 5.59. The van der Waals surface area contributed by atoms with Gasteiger partial charge in [-0.2, -0.15) is 0 Å². The van der Waals surface area contributed by atoms with E-state index in [0.717, 1.165) is 10.5 Å². The molecule has 2 aromatic rings. The topological polar surface area (TPSA) is 126 Å². The zero-order valence-electron chi connectivity index (χ0n) is 17.6. The Kier molecular flexibility index (Phi) is 5.00. The van der Waals surface area contributed by atoms with Gasteiger partial charge in [0.15, 0.2) is 0 Å². The lowest BCUT2D eigenvalue weighted by atomic mass is 9.76. The lowest BCUT2D eigenvalue weighted by Gasteiger charge is -2.26. The van der Waals surface area contributed by atoms with Crippen LogP contribution in [0.4, 0.5) is 5.69 Å². The molecule has 170 valence electrons. The highest BCUT2D eigenvalue weighted by atomic mass is 35.5. The third-order valence-corrected chi connectivity index (χ3v) is 7.56. The average Bonchev–Trinajstić information content (AvgIpc) is 3.30. The first kappa shape index (κ1) is 21.9. The number of fused-ring (bicyclic) bond motifs is 4. The molecule has 3 aliphatic heterocycles. The molecule has 0 bridgehead atoms. The molecule has 0 unspecified atom stereocenters. The lowest BCUT2D eigenvalue weighted by molar-refractivity contribution is -0.732. The number of carbonyl (C=O) groups is 4. The maximum absolute atomic E-state index is 13.7. The van der Waals surface area contributed by atoms with Gasteiger partial charge in [-0.3, -0.25) is 24.1 Å². The molecule has 1 spiro atoms. The van der Waals surface area contributed by atoms with Crippen molar-refractivity contribution < 1.29 is 24.5 Å². The van der Waals surface area contributed by atoms with Crippen LogP contribution in [0.25, 0.3) is 0 Å². The predicted octanol–water partition coefficient (Wildman–Crippen LogP) is 1.07. The number of nitrogens with two attached hydrogens (primary N) is 2. The largest absolute Gasteiger partial charge is 0.369 e. The first-order valence-electron chi connectivity index (χ1n) is 10.5. The molecule has 3 heterocycles. The summed E-state index contributed by atoms with van der Waals surface area (Å²) in [4.78, 5) is 53.7. The Hall–Kier alpha value is -2.94. The molecular weight excluding hydrogens is 467 g/mol. The number of hydrogen-bond acceptors (Lipinski definition) is 4. The Morgan fingerprint density at radius 1 is 1.15 bits per heavy atom. The number of primary amides is 1. The summed E-state index contributed by atoms with van der Waals surface area (Å²) >= 11 is 12.7. The Morgan fingerprint density at radius 2 is 1.88 bits per heavy atom. The first-order valence-corrected chi connectivity index (χ1v) is 11.3. The number of aryl methyl sites for hydroxylation is 1. The van der Waals surface area contributed by atoms with Crippen molar-refractivity contribution in [2.24, 2.45) is 17.6 Å². The van der Waals surface area contributed by atoms with Crippen molar-refractivity contribution in [3.05, 3.63) is 63.1 Å². The van der Waals surface area contributed by atoms with Gasteiger partial charge in [-0.05, 0) is 36.2 Å². The Morgan fingerprint density at radius 3 is 2.58 bits per heavy atom. The number of rotatable bonds is 4. The van der Waals surface area contributed by atoms with E-state index in [4.69, 9.17) is 28.9 Å². The highest BCUT2D eigenvalue weighted by Crippen LogP contribution is 2.51. The number of nitrogens with one attached hydrogen (secondary N) is 1. The molecule has 2 saturated heterocycles. The van der Waals surface area contributed by atoms with Crippen molar-refractivity contribution in [2.75, 3.05) is 5.32 Å². The monoisotopic (exact) mass is 487 g/mol. The number of carbonyl (C=O) groups excluding carboxylic acids is 4. The molecule has 8 nitrogen and oxygen atoms in total. The van der Waals surface area contributed by atoms with Gasteiger partial charge in [-0.15, -0.1) is 0 Å². The number of benzene rings is 2. The minimum absolute atomic E-state index is 0.0211. The third-order valence-electron chi connectivity index (χ3n) is 6.89. The van der Waals surface area contributed by atoms with E-state index >= 15 is 0 Å². The molecule has 4 atom stereocenters. The number of anilines is 1. The minimum Gasteiger partial charge on any atom is -0.369 e. The SMILES string of the molecule is Cc1cc(Cl)c2c(c1)[C@@]1([NH2+][C@@H](CC(N)=O)[C@H]3C(=O)N(Cc4ccccc4Cl)C(=O)[C@H]31)C(=O)N2. The van der Waals surface area contributed by atoms with Crippen LogP contribution in [0.2, 0.25) is 10.0 Å². The van der Waals surface area contributed by atoms with Crippen LogP contribution in [0.3, 0.4) is 0 Å². The van der Waals surface area contributed by atoms with Gasteiger partial charge in [0.25, 0.3) is 5.91 Å². The van der Waals surface area contributed by atoms with Gasteiger partial charge < -0.3 is 16.4 Å². The summed E-state index contributed by atoms with van der Waals surface area (Å²) in [6.07, 6.45) is -0.149. The lowest BCUT2D eigenvalue weighted by Crippen LogP contribution is -2.99. The molecule has 5 N–H and O–H groups in total. The summed E-state index contributed by atoms with van der Waals surface area (Å²) in [5.74, 6) is -3.86. The van der Waals surface area contributed by atoms with E-state index in [1.165, 1.54) is 0 Å². The van der Waals surface area contributed by atoms with Crippen molar-refractivity contribution >= 4 is 52.5 Å². The number of hydrogen-bond donors (Lipinski definition) is 3. The first-order chi connectivity index (χ1) is 15.6. The van der Waals surface area contributed by atoms with Crippen LogP contribution in [0.1, 0.15) is 23.1 Å². The molecule has 0 saturated carbocycles. The summed E-state index contributed by atoms with van der Waals surface area (Å²) in [6.45, 7) is 1.81. The number of quaternary nitrogens is 1. The molecule has 2 fully saturated rings. The zero-order chi connectivity index (χ0) is 23.7. The number of likely N-dealkylation sites (tertiary alicyclic amines) is 1. The zero-order valence-corrected chi connectivity index (χ0v) is 19.1. The Balaban J connectivity index is 1.64. The second-order valence-electron chi connectivity index (χ2n) is 8.85. The van der Waals surface area contributed by atoms with E-state index in [1.54, 1.807) is 41.7 Å². The normalized spacial score (nSPS) is 27.8. The van der Waals surface area contributed by atoms with Gasteiger partial charge in [0.1, 0.15) is 17.9 Å². The van der Waals surface area contributed by atoms with E-state index in [2.05, 4.69) is 5.32 Å². The molecular formula is C23H21Cl2N4O4+. The van der Waals surface area contributed by atoms with Gasteiger partial charge in [-0.25, -0.2) is 0 Å². The number of halogens is 2. The Labute approximate surface area is 199 Å². The van der Waals surface area contributed by atoms with E-state index in [9.17, 15) is 19.2 Å². The van der Waals surface area contributed by atoms with Crippen molar-refractivity contribution in [3.8, 4) is 0 Å². The van der Waals surface area contributed by atoms with Gasteiger partial charge in [0.2, 0.25) is 23.3 Å². The second kappa shape index (κ2) is 7.55. The van der Waals surface area contributed by atoms with Crippen molar-refractivity contribution in [3.63, 3.8) is 0 Å². The van der Waals surface area contributed by atoms with Crippen molar-refractivity contribution in [1.82, 2.24) is 4.90 Å². The quantitative estimate of drug-likeness (QED) is 0.557. The number of imide groups is 1. The smallest absolute Gasteiger partial charge is 0.291 e. The maximum Gasteiger partial charge on any atom is 0.291 e. The van der Waals surface area contributed by atoms with Gasteiger partial charge in [-0.1, -0.05) is 41.4 Å². The third kappa shape index (κ3) is 3.08. The minimum atomic E-state index is -1.42. The van der Waals surface area contributed by atoms with Gasteiger partial charge in [0, 0.05) is 10.6 Å². The van der Waals surface area contributed by atoms with Crippen LogP contribution in [-0.2, 0) is 31.3 Å². The van der Waals surface area contributed by atoms with E-state index in [0.29, 0.717) is 26.9 Å². The number of nitrogens with zero attached hydrogens (tertiary/aromatic N) is 1.